The molecule has 0 heterocycles. The third-order valence-corrected chi connectivity index (χ3v) is 4.05. The number of hydrogen-bond donors (Lipinski definition) is 2. The summed E-state index contributed by atoms with van der Waals surface area (Å²) in [5.41, 5.74) is -0.314. The van der Waals surface area contributed by atoms with Crippen molar-refractivity contribution in [3.05, 3.63) is 68.6 Å². The topological polar surface area (TPSA) is 40.5 Å². The van der Waals surface area contributed by atoms with Crippen LogP contribution in [0.2, 0.25) is 0 Å². The minimum absolute atomic E-state index is 0.157. The highest BCUT2D eigenvalue weighted by atomic mass is 79.9. The van der Waals surface area contributed by atoms with Gasteiger partial charge >= 0.3 is 12.4 Å². The summed E-state index contributed by atoms with van der Waals surface area (Å²) in [6, 6.07) is 10.7. The van der Waals surface area contributed by atoms with Crippen LogP contribution in [0, 0.1) is 0 Å². The van der Waals surface area contributed by atoms with E-state index in [4.69, 9.17) is 10.2 Å². The fourth-order valence-corrected chi connectivity index (χ4v) is 2.20. The predicted octanol–water partition coefficient (Wildman–Crippen LogP) is 6.09. The first-order valence-corrected chi connectivity index (χ1v) is 8.41. The lowest BCUT2D eigenvalue weighted by Crippen LogP contribution is -2.19. The highest BCUT2D eigenvalue weighted by Gasteiger charge is 2.39. The number of halogens is 8. The lowest BCUT2D eigenvalue weighted by Gasteiger charge is -2.14. The molecule has 0 spiro atoms. The van der Waals surface area contributed by atoms with Gasteiger partial charge in [0, 0.05) is 8.95 Å². The van der Waals surface area contributed by atoms with E-state index in [1.54, 1.807) is 0 Å². The summed E-state index contributed by atoms with van der Waals surface area (Å²) < 4.78 is 73.2. The zero-order valence-electron chi connectivity index (χ0n) is 12.7. The van der Waals surface area contributed by atoms with Crippen molar-refractivity contribution in [3.8, 4) is 0 Å². The molecule has 2 rings (SSSR count). The Labute approximate surface area is 161 Å². The summed E-state index contributed by atoms with van der Waals surface area (Å²) in [6.45, 7) is 0. The van der Waals surface area contributed by atoms with Crippen LogP contribution >= 0.6 is 31.9 Å². The maximum Gasteiger partial charge on any atom is 0.418 e. The van der Waals surface area contributed by atoms with E-state index in [9.17, 15) is 26.3 Å². The van der Waals surface area contributed by atoms with E-state index in [-0.39, 0.29) is 11.1 Å². The first-order chi connectivity index (χ1) is 11.8. The Balaban J connectivity index is 0.000000260. The summed E-state index contributed by atoms with van der Waals surface area (Å²) in [5.74, 6) is 0. The second-order valence-corrected chi connectivity index (χ2v) is 6.82. The number of aliphatic hydroxyl groups excluding tert-OH is 2. The van der Waals surface area contributed by atoms with Crippen LogP contribution in [0.1, 0.15) is 23.3 Å². The number of alkyl halides is 6. The first-order valence-electron chi connectivity index (χ1n) is 6.83. The van der Waals surface area contributed by atoms with Crippen molar-refractivity contribution >= 4 is 31.9 Å². The second-order valence-electron chi connectivity index (χ2n) is 4.99. The van der Waals surface area contributed by atoms with E-state index in [0.717, 1.165) is 0 Å². The first kappa shape index (κ1) is 22.9. The Morgan fingerprint density at radius 3 is 1.00 bits per heavy atom. The molecule has 0 amide bonds. The molecule has 2 N–H and O–H groups in total. The van der Waals surface area contributed by atoms with Gasteiger partial charge in [-0.3, -0.25) is 0 Å². The summed E-state index contributed by atoms with van der Waals surface area (Å²) in [5, 5.41) is 17.6. The third kappa shape index (κ3) is 7.26. The highest BCUT2D eigenvalue weighted by Crippen LogP contribution is 2.33. The molecule has 0 saturated carbocycles. The van der Waals surface area contributed by atoms with Gasteiger partial charge in [-0.05, 0) is 35.4 Å². The van der Waals surface area contributed by atoms with E-state index < -0.39 is 24.6 Å². The van der Waals surface area contributed by atoms with Gasteiger partial charge in [0.15, 0.2) is 12.2 Å². The number of aliphatic hydroxyl groups is 2. The fourth-order valence-electron chi connectivity index (χ4n) is 1.67. The zero-order valence-corrected chi connectivity index (χ0v) is 15.9. The van der Waals surface area contributed by atoms with E-state index in [1.165, 1.54) is 48.5 Å². The van der Waals surface area contributed by atoms with Crippen LogP contribution in [0.4, 0.5) is 26.3 Å². The maximum absolute atomic E-state index is 12.0. The predicted molar refractivity (Wildman–Crippen MR) is 90.3 cm³/mol. The molecule has 0 aliphatic heterocycles. The van der Waals surface area contributed by atoms with Gasteiger partial charge in [0.1, 0.15) is 0 Å². The molecule has 2 aromatic carbocycles. The molecule has 0 aliphatic rings. The molecule has 2 nitrogen and oxygen atoms in total. The van der Waals surface area contributed by atoms with Gasteiger partial charge in [-0.2, -0.15) is 26.3 Å². The van der Waals surface area contributed by atoms with E-state index in [1.807, 2.05) is 0 Å². The molecule has 0 aromatic heterocycles. The Bertz CT molecular complexity index is 622. The van der Waals surface area contributed by atoms with Crippen LogP contribution in [0.25, 0.3) is 0 Å². The van der Waals surface area contributed by atoms with E-state index in [0.29, 0.717) is 8.95 Å². The molecule has 144 valence electrons. The molecule has 0 unspecified atom stereocenters. The monoisotopic (exact) mass is 508 g/mol. The Kier molecular flexibility index (Phi) is 8.12. The third-order valence-electron chi connectivity index (χ3n) is 2.99. The Morgan fingerprint density at radius 2 is 0.808 bits per heavy atom. The van der Waals surface area contributed by atoms with Crippen LogP contribution in [0.15, 0.2) is 57.5 Å². The van der Waals surface area contributed by atoms with Crippen molar-refractivity contribution in [2.24, 2.45) is 0 Å². The molecule has 0 saturated heterocycles. The molecule has 26 heavy (non-hydrogen) atoms. The number of rotatable bonds is 2. The quantitative estimate of drug-likeness (QED) is 0.481. The maximum atomic E-state index is 12.0. The molecule has 0 radical (unpaired) electrons. The van der Waals surface area contributed by atoms with Crippen molar-refractivity contribution in [2.45, 2.75) is 24.6 Å². The van der Waals surface area contributed by atoms with Crippen molar-refractivity contribution in [1.82, 2.24) is 0 Å². The van der Waals surface area contributed by atoms with Crippen molar-refractivity contribution < 1.29 is 36.6 Å². The summed E-state index contributed by atoms with van der Waals surface area (Å²) in [7, 11) is 0. The highest BCUT2D eigenvalue weighted by molar-refractivity contribution is 9.10. The standard InChI is InChI=1S/2C8H6BrF3O/c2*9-6-3-1-5(2-4-6)7(13)8(10,11)12/h2*1-4,7,13H/t2*7-/m10/s1. The molecule has 0 bridgehead atoms. The van der Waals surface area contributed by atoms with Gasteiger partial charge in [0.2, 0.25) is 0 Å². The van der Waals surface area contributed by atoms with Crippen molar-refractivity contribution in [3.63, 3.8) is 0 Å². The number of hydrogen-bond acceptors (Lipinski definition) is 2. The minimum atomic E-state index is -4.60. The fraction of sp³-hybridized carbons (Fsp3) is 0.250. The average molecular weight is 510 g/mol. The van der Waals surface area contributed by atoms with Gasteiger partial charge in [-0.1, -0.05) is 56.1 Å². The Hall–Kier alpha value is -1.10. The second kappa shape index (κ2) is 9.20. The van der Waals surface area contributed by atoms with Crippen molar-refractivity contribution in [1.29, 1.82) is 0 Å². The van der Waals surface area contributed by atoms with Crippen LogP contribution in [0.3, 0.4) is 0 Å². The Morgan fingerprint density at radius 1 is 0.577 bits per heavy atom. The SMILES string of the molecule is O[C@@H](c1ccc(Br)cc1)C(F)(F)F.O[C@H](c1ccc(Br)cc1)C(F)(F)F. The summed E-state index contributed by atoms with van der Waals surface area (Å²) in [6.07, 6.45) is -14.0. The van der Waals surface area contributed by atoms with Gasteiger partial charge in [0.05, 0.1) is 0 Å². The van der Waals surface area contributed by atoms with Crippen LogP contribution in [-0.4, -0.2) is 22.6 Å². The van der Waals surface area contributed by atoms with Gasteiger partial charge < -0.3 is 10.2 Å². The van der Waals surface area contributed by atoms with Crippen molar-refractivity contribution in [2.75, 3.05) is 0 Å². The molecule has 2 aromatic rings. The minimum Gasteiger partial charge on any atom is -0.379 e. The van der Waals surface area contributed by atoms with E-state index in [2.05, 4.69) is 31.9 Å². The largest absolute Gasteiger partial charge is 0.418 e. The van der Waals surface area contributed by atoms with E-state index >= 15 is 0 Å². The molecule has 10 heteroatoms. The summed E-state index contributed by atoms with van der Waals surface area (Å²) in [4.78, 5) is 0. The number of benzene rings is 2. The zero-order chi connectivity index (χ0) is 20.1. The molecule has 0 fully saturated rings. The lowest BCUT2D eigenvalue weighted by atomic mass is 10.1. The molecular formula is C16H12Br2F6O2. The lowest BCUT2D eigenvalue weighted by molar-refractivity contribution is -0.207. The van der Waals surface area contributed by atoms with Gasteiger partial charge in [-0.25, -0.2) is 0 Å². The van der Waals surface area contributed by atoms with Crippen LogP contribution in [0.5, 0.6) is 0 Å². The molecular weight excluding hydrogens is 498 g/mol. The van der Waals surface area contributed by atoms with Gasteiger partial charge in [0.25, 0.3) is 0 Å². The molecule has 0 aliphatic carbocycles. The van der Waals surface area contributed by atoms with Gasteiger partial charge in [-0.15, -0.1) is 0 Å². The van der Waals surface area contributed by atoms with Crippen LogP contribution < -0.4 is 0 Å². The summed E-state index contributed by atoms with van der Waals surface area (Å²) >= 11 is 6.16. The van der Waals surface area contributed by atoms with Crippen LogP contribution in [-0.2, 0) is 0 Å². The smallest absolute Gasteiger partial charge is 0.379 e. The molecule has 2 atom stereocenters. The normalized spacial score (nSPS) is 14.2. The average Bonchev–Trinajstić information content (AvgIpc) is 2.54.